The molecule has 2 aromatic carbocycles. The third kappa shape index (κ3) is 3.18. The smallest absolute Gasteiger partial charge is 0.277 e. The fourth-order valence-electron chi connectivity index (χ4n) is 2.88. The number of benzene rings is 2. The molecule has 4 rings (SSSR count). The van der Waals surface area contributed by atoms with Crippen LogP contribution in [0.5, 0.6) is 17.2 Å². The van der Waals surface area contributed by atoms with Gasteiger partial charge in [0.05, 0.1) is 19.8 Å². The van der Waals surface area contributed by atoms with E-state index in [-0.39, 0.29) is 18.8 Å². The molecule has 1 fully saturated rings. The Kier molecular flexibility index (Phi) is 4.40. The van der Waals surface area contributed by atoms with Crippen molar-refractivity contribution in [1.82, 2.24) is 5.06 Å². The van der Waals surface area contributed by atoms with E-state index in [0.29, 0.717) is 23.6 Å². The Bertz CT molecular complexity index is 806. The number of nitrogens with zero attached hydrogens (tertiary/aromatic N) is 1. The fraction of sp³-hybridized carbons (Fsp3) is 0.316. The van der Waals surface area contributed by atoms with E-state index in [2.05, 4.69) is 0 Å². The molecule has 2 aromatic rings. The van der Waals surface area contributed by atoms with E-state index in [1.807, 2.05) is 31.2 Å². The number of carbonyl (C=O) groups excluding carboxylic acids is 1. The standard InChI is InChI=1S/C19H19NO6/c1-12-10-20(18(21)14-5-8-16-17(9-14)24-11-23-16)26-19(25-12)13-3-6-15(22-2)7-4-13/h3-9,12,19H,10-11H2,1-2H3/t12-,19+/m1/s1. The lowest BCUT2D eigenvalue weighted by molar-refractivity contribution is -0.320. The van der Waals surface area contributed by atoms with Gasteiger partial charge in [-0.1, -0.05) is 12.1 Å². The van der Waals surface area contributed by atoms with Crippen molar-refractivity contribution in [3.05, 3.63) is 53.6 Å². The van der Waals surface area contributed by atoms with Crippen LogP contribution in [0.1, 0.15) is 29.1 Å². The first kappa shape index (κ1) is 16.7. The Balaban J connectivity index is 1.53. The molecule has 1 saturated heterocycles. The molecular weight excluding hydrogens is 338 g/mol. The highest BCUT2D eigenvalue weighted by molar-refractivity contribution is 5.94. The van der Waals surface area contributed by atoms with Gasteiger partial charge < -0.3 is 18.9 Å². The van der Waals surface area contributed by atoms with Crippen molar-refractivity contribution < 1.29 is 28.6 Å². The van der Waals surface area contributed by atoms with E-state index < -0.39 is 6.29 Å². The maximum Gasteiger partial charge on any atom is 0.277 e. The summed E-state index contributed by atoms with van der Waals surface area (Å²) in [6.45, 7) is 2.40. The van der Waals surface area contributed by atoms with E-state index >= 15 is 0 Å². The minimum Gasteiger partial charge on any atom is -0.497 e. The fourth-order valence-corrected chi connectivity index (χ4v) is 2.88. The lowest BCUT2D eigenvalue weighted by Gasteiger charge is -2.36. The first-order valence-corrected chi connectivity index (χ1v) is 8.32. The Morgan fingerprint density at radius 2 is 1.88 bits per heavy atom. The second-order valence-electron chi connectivity index (χ2n) is 6.09. The van der Waals surface area contributed by atoms with Crippen molar-refractivity contribution >= 4 is 5.91 Å². The van der Waals surface area contributed by atoms with Gasteiger partial charge in [0.15, 0.2) is 11.5 Å². The highest BCUT2D eigenvalue weighted by atomic mass is 16.8. The predicted molar refractivity (Wildman–Crippen MR) is 91.0 cm³/mol. The van der Waals surface area contributed by atoms with Crippen LogP contribution in [0.3, 0.4) is 0 Å². The van der Waals surface area contributed by atoms with Crippen molar-refractivity contribution in [2.45, 2.75) is 19.3 Å². The summed E-state index contributed by atoms with van der Waals surface area (Å²) in [6, 6.07) is 12.4. The zero-order chi connectivity index (χ0) is 18.1. The highest BCUT2D eigenvalue weighted by Crippen LogP contribution is 2.34. The average molecular weight is 357 g/mol. The lowest BCUT2D eigenvalue weighted by Crippen LogP contribution is -2.44. The number of ether oxygens (including phenoxy) is 4. The Hall–Kier alpha value is -2.77. The maximum atomic E-state index is 12.9. The SMILES string of the molecule is COc1ccc([C@H]2O[C@H](C)CN(C(=O)c3ccc4c(c3)OCO4)O2)cc1. The van der Waals surface area contributed by atoms with Crippen LogP contribution in [-0.2, 0) is 9.57 Å². The first-order chi connectivity index (χ1) is 12.6. The summed E-state index contributed by atoms with van der Waals surface area (Å²) >= 11 is 0. The monoisotopic (exact) mass is 357 g/mol. The van der Waals surface area contributed by atoms with Gasteiger partial charge in [0.25, 0.3) is 5.91 Å². The van der Waals surface area contributed by atoms with E-state index in [1.54, 1.807) is 25.3 Å². The summed E-state index contributed by atoms with van der Waals surface area (Å²) in [5.74, 6) is 1.68. The minimum atomic E-state index is -0.664. The summed E-state index contributed by atoms with van der Waals surface area (Å²) in [6.07, 6.45) is -0.837. The molecule has 2 aliphatic heterocycles. The number of carbonyl (C=O) groups is 1. The van der Waals surface area contributed by atoms with Gasteiger partial charge in [-0.3, -0.25) is 4.79 Å². The molecule has 2 atom stereocenters. The summed E-state index contributed by atoms with van der Waals surface area (Å²) in [5.41, 5.74) is 1.28. The van der Waals surface area contributed by atoms with Crippen LogP contribution in [-0.4, -0.2) is 37.5 Å². The van der Waals surface area contributed by atoms with Crippen molar-refractivity contribution in [2.75, 3.05) is 20.4 Å². The molecule has 7 heteroatoms. The second kappa shape index (κ2) is 6.86. The lowest BCUT2D eigenvalue weighted by atomic mass is 10.1. The van der Waals surface area contributed by atoms with Crippen LogP contribution in [0.15, 0.2) is 42.5 Å². The molecule has 1 amide bonds. The molecule has 0 unspecified atom stereocenters. The van der Waals surface area contributed by atoms with Gasteiger partial charge in [-0.05, 0) is 37.3 Å². The Labute approximate surface area is 150 Å². The number of hydrogen-bond acceptors (Lipinski definition) is 6. The molecule has 0 saturated carbocycles. The molecule has 2 aliphatic rings. The third-order valence-corrected chi connectivity index (χ3v) is 4.24. The molecule has 7 nitrogen and oxygen atoms in total. The van der Waals surface area contributed by atoms with Gasteiger partial charge in [0, 0.05) is 11.1 Å². The number of hydroxylamine groups is 2. The molecule has 0 aromatic heterocycles. The van der Waals surface area contributed by atoms with E-state index in [4.69, 9.17) is 23.8 Å². The molecule has 0 spiro atoms. The normalized spacial score (nSPS) is 21.5. The van der Waals surface area contributed by atoms with Gasteiger partial charge in [-0.25, -0.2) is 9.90 Å². The van der Waals surface area contributed by atoms with E-state index in [0.717, 1.165) is 11.3 Å². The molecule has 136 valence electrons. The van der Waals surface area contributed by atoms with E-state index in [9.17, 15) is 4.79 Å². The molecule has 0 radical (unpaired) electrons. The van der Waals surface area contributed by atoms with Gasteiger partial charge in [0.2, 0.25) is 13.1 Å². The Morgan fingerprint density at radius 3 is 2.65 bits per heavy atom. The molecule has 2 heterocycles. The van der Waals surface area contributed by atoms with Crippen LogP contribution in [0.25, 0.3) is 0 Å². The molecule has 26 heavy (non-hydrogen) atoms. The summed E-state index contributed by atoms with van der Waals surface area (Å²) in [4.78, 5) is 18.7. The van der Waals surface area contributed by atoms with E-state index in [1.165, 1.54) is 5.06 Å². The van der Waals surface area contributed by atoms with Crippen LogP contribution in [0.4, 0.5) is 0 Å². The number of rotatable bonds is 3. The number of hydrogen-bond donors (Lipinski definition) is 0. The zero-order valence-corrected chi connectivity index (χ0v) is 14.5. The van der Waals surface area contributed by atoms with Crippen LogP contribution in [0.2, 0.25) is 0 Å². The quantitative estimate of drug-likeness (QED) is 0.841. The maximum absolute atomic E-state index is 12.9. The van der Waals surface area contributed by atoms with Crippen LogP contribution >= 0.6 is 0 Å². The van der Waals surface area contributed by atoms with Gasteiger partial charge in [-0.2, -0.15) is 0 Å². The van der Waals surface area contributed by atoms with Gasteiger partial charge >= 0.3 is 0 Å². The van der Waals surface area contributed by atoms with Crippen LogP contribution < -0.4 is 14.2 Å². The van der Waals surface area contributed by atoms with Crippen molar-refractivity contribution in [3.63, 3.8) is 0 Å². The Morgan fingerprint density at radius 1 is 1.12 bits per heavy atom. The predicted octanol–water partition coefficient (Wildman–Crippen LogP) is 2.92. The van der Waals surface area contributed by atoms with Gasteiger partial charge in [0.1, 0.15) is 5.75 Å². The second-order valence-corrected chi connectivity index (χ2v) is 6.09. The minimum absolute atomic E-state index is 0.164. The van der Waals surface area contributed by atoms with Crippen molar-refractivity contribution in [1.29, 1.82) is 0 Å². The first-order valence-electron chi connectivity index (χ1n) is 8.32. The van der Waals surface area contributed by atoms with Gasteiger partial charge in [-0.15, -0.1) is 0 Å². The zero-order valence-electron chi connectivity index (χ0n) is 14.5. The summed E-state index contributed by atoms with van der Waals surface area (Å²) in [7, 11) is 1.61. The molecular formula is C19H19NO6. The third-order valence-electron chi connectivity index (χ3n) is 4.24. The van der Waals surface area contributed by atoms with Crippen molar-refractivity contribution in [3.8, 4) is 17.2 Å². The number of methoxy groups -OCH3 is 1. The highest BCUT2D eigenvalue weighted by Gasteiger charge is 2.32. The molecule has 0 aliphatic carbocycles. The number of amides is 1. The van der Waals surface area contributed by atoms with Crippen molar-refractivity contribution in [2.24, 2.45) is 0 Å². The van der Waals surface area contributed by atoms with Crippen LogP contribution in [0, 0.1) is 0 Å². The molecule has 0 N–H and O–H groups in total. The largest absolute Gasteiger partial charge is 0.497 e. The topological polar surface area (TPSA) is 66.5 Å². The summed E-state index contributed by atoms with van der Waals surface area (Å²) in [5, 5.41) is 1.33. The molecule has 0 bridgehead atoms. The average Bonchev–Trinajstić information content (AvgIpc) is 3.14. The number of fused-ring (bicyclic) bond motifs is 1. The summed E-state index contributed by atoms with van der Waals surface area (Å²) < 4.78 is 21.6.